The number of nitrogens with one attached hydrogen (secondary N) is 1. The van der Waals surface area contributed by atoms with E-state index in [0.717, 1.165) is 25.1 Å². The van der Waals surface area contributed by atoms with Gasteiger partial charge in [0.25, 0.3) is 0 Å². The zero-order valence-corrected chi connectivity index (χ0v) is 10.4. The van der Waals surface area contributed by atoms with Crippen LogP contribution in [0, 0.1) is 18.2 Å². The molecule has 4 N–H and O–H groups in total. The summed E-state index contributed by atoms with van der Waals surface area (Å²) < 4.78 is 13.1. The van der Waals surface area contributed by atoms with Crippen LogP contribution in [-0.4, -0.2) is 17.6 Å². The summed E-state index contributed by atoms with van der Waals surface area (Å²) in [6.07, 6.45) is 2.73. The van der Waals surface area contributed by atoms with E-state index < -0.39 is 0 Å². The summed E-state index contributed by atoms with van der Waals surface area (Å²) in [4.78, 5) is 0. The number of oxime groups is 1. The molecular weight excluding hydrogens is 233 g/mol. The van der Waals surface area contributed by atoms with Crippen molar-refractivity contribution < 1.29 is 9.60 Å². The van der Waals surface area contributed by atoms with E-state index in [1.807, 2.05) is 0 Å². The van der Waals surface area contributed by atoms with Gasteiger partial charge in [0, 0.05) is 18.7 Å². The van der Waals surface area contributed by atoms with E-state index in [2.05, 4.69) is 10.5 Å². The second-order valence-electron chi connectivity index (χ2n) is 5.09. The molecular formula is C13H18FN3O. The predicted octanol–water partition coefficient (Wildman–Crippen LogP) is 2.46. The highest BCUT2D eigenvalue weighted by atomic mass is 19.1. The van der Waals surface area contributed by atoms with E-state index in [9.17, 15) is 4.39 Å². The summed E-state index contributed by atoms with van der Waals surface area (Å²) >= 11 is 0. The number of aryl methyl sites for hydroxylation is 1. The van der Waals surface area contributed by atoms with Gasteiger partial charge in [0.15, 0.2) is 0 Å². The Morgan fingerprint density at radius 2 is 2.28 bits per heavy atom. The van der Waals surface area contributed by atoms with Gasteiger partial charge in [0.05, 0.1) is 0 Å². The van der Waals surface area contributed by atoms with Gasteiger partial charge >= 0.3 is 0 Å². The second kappa shape index (κ2) is 4.84. The first-order valence-corrected chi connectivity index (χ1v) is 6.01. The molecule has 0 bridgehead atoms. The van der Waals surface area contributed by atoms with Gasteiger partial charge < -0.3 is 16.3 Å². The molecule has 1 saturated carbocycles. The molecule has 0 amide bonds. The van der Waals surface area contributed by atoms with Gasteiger partial charge in [-0.15, -0.1) is 0 Å². The molecule has 1 aliphatic carbocycles. The van der Waals surface area contributed by atoms with Crippen molar-refractivity contribution >= 4 is 11.5 Å². The van der Waals surface area contributed by atoms with Crippen LogP contribution < -0.4 is 11.1 Å². The standard InChI is InChI=1S/C13H18FN3O/c1-9-6-10(2-3-11(9)14)16-8-13(4-5-13)7-12(15)17-18/h2-3,6,16,18H,4-5,7-8H2,1H3,(H2,15,17). The lowest BCUT2D eigenvalue weighted by atomic mass is 10.0. The number of hydrogen-bond acceptors (Lipinski definition) is 3. The van der Waals surface area contributed by atoms with Gasteiger partial charge in [0.2, 0.25) is 0 Å². The Hall–Kier alpha value is -1.78. The fraction of sp³-hybridized carbons (Fsp3) is 0.462. The van der Waals surface area contributed by atoms with Crippen LogP contribution in [0.5, 0.6) is 0 Å². The summed E-state index contributed by atoms with van der Waals surface area (Å²) in [5.74, 6) is 0.0722. The predicted molar refractivity (Wildman–Crippen MR) is 69.3 cm³/mol. The van der Waals surface area contributed by atoms with Crippen molar-refractivity contribution in [1.82, 2.24) is 0 Å². The van der Waals surface area contributed by atoms with Crippen molar-refractivity contribution in [1.29, 1.82) is 0 Å². The lowest BCUT2D eigenvalue weighted by Crippen LogP contribution is -2.23. The van der Waals surface area contributed by atoms with Gasteiger partial charge in [-0.05, 0) is 48.9 Å². The zero-order valence-electron chi connectivity index (χ0n) is 10.4. The van der Waals surface area contributed by atoms with Crippen LogP contribution in [0.25, 0.3) is 0 Å². The molecule has 0 unspecified atom stereocenters. The van der Waals surface area contributed by atoms with Crippen LogP contribution in [0.4, 0.5) is 10.1 Å². The van der Waals surface area contributed by atoms with E-state index >= 15 is 0 Å². The smallest absolute Gasteiger partial charge is 0.139 e. The number of nitrogens with zero attached hydrogens (tertiary/aromatic N) is 1. The maximum atomic E-state index is 13.1. The summed E-state index contributed by atoms with van der Waals surface area (Å²) in [6, 6.07) is 4.97. The SMILES string of the molecule is Cc1cc(NCC2(CC(N)=NO)CC2)ccc1F. The molecule has 1 aliphatic rings. The Labute approximate surface area is 106 Å². The molecule has 0 radical (unpaired) electrons. The average molecular weight is 251 g/mol. The lowest BCUT2D eigenvalue weighted by Gasteiger charge is -2.16. The molecule has 98 valence electrons. The highest BCUT2D eigenvalue weighted by Crippen LogP contribution is 2.48. The Morgan fingerprint density at radius 1 is 1.56 bits per heavy atom. The minimum atomic E-state index is -0.196. The molecule has 18 heavy (non-hydrogen) atoms. The molecule has 0 spiro atoms. The van der Waals surface area contributed by atoms with Crippen LogP contribution in [0.15, 0.2) is 23.4 Å². The third kappa shape index (κ3) is 2.91. The largest absolute Gasteiger partial charge is 0.409 e. The van der Waals surface area contributed by atoms with Gasteiger partial charge in [-0.25, -0.2) is 4.39 Å². The molecule has 5 heteroatoms. The summed E-state index contributed by atoms with van der Waals surface area (Å²) in [7, 11) is 0. The number of hydrogen-bond donors (Lipinski definition) is 3. The minimum absolute atomic E-state index is 0.0958. The van der Waals surface area contributed by atoms with Gasteiger partial charge in [0.1, 0.15) is 11.7 Å². The first kappa shape index (κ1) is 12.7. The fourth-order valence-corrected chi connectivity index (χ4v) is 2.06. The third-order valence-electron chi connectivity index (χ3n) is 3.47. The quantitative estimate of drug-likeness (QED) is 0.326. The van der Waals surface area contributed by atoms with Crippen molar-refractivity contribution in [3.63, 3.8) is 0 Å². The van der Waals surface area contributed by atoms with E-state index in [4.69, 9.17) is 10.9 Å². The maximum absolute atomic E-state index is 13.1. The molecule has 1 aromatic carbocycles. The average Bonchev–Trinajstić information content (AvgIpc) is 3.11. The van der Waals surface area contributed by atoms with Crippen LogP contribution in [-0.2, 0) is 0 Å². The first-order valence-electron chi connectivity index (χ1n) is 6.01. The molecule has 0 atom stereocenters. The van der Waals surface area contributed by atoms with Gasteiger partial charge in [-0.1, -0.05) is 5.16 Å². The summed E-state index contributed by atoms with van der Waals surface area (Å²) in [5.41, 5.74) is 7.16. The molecule has 0 aromatic heterocycles. The lowest BCUT2D eigenvalue weighted by molar-refractivity contribution is 0.315. The molecule has 0 heterocycles. The zero-order chi connectivity index (χ0) is 13.2. The topological polar surface area (TPSA) is 70.6 Å². The number of nitrogens with two attached hydrogens (primary N) is 1. The van der Waals surface area contributed by atoms with E-state index in [1.165, 1.54) is 6.07 Å². The van der Waals surface area contributed by atoms with Crippen molar-refractivity contribution in [2.24, 2.45) is 16.3 Å². The number of amidine groups is 1. The van der Waals surface area contributed by atoms with Crippen LogP contribution in [0.1, 0.15) is 24.8 Å². The highest BCUT2D eigenvalue weighted by Gasteiger charge is 2.43. The van der Waals surface area contributed by atoms with Gasteiger partial charge in [-0.2, -0.15) is 0 Å². The van der Waals surface area contributed by atoms with Crippen molar-refractivity contribution in [3.8, 4) is 0 Å². The number of benzene rings is 1. The first-order chi connectivity index (χ1) is 8.54. The van der Waals surface area contributed by atoms with Crippen molar-refractivity contribution in [3.05, 3.63) is 29.6 Å². The van der Waals surface area contributed by atoms with E-state index in [1.54, 1.807) is 19.1 Å². The minimum Gasteiger partial charge on any atom is -0.409 e. The highest BCUT2D eigenvalue weighted by molar-refractivity contribution is 5.80. The normalized spacial score (nSPS) is 17.6. The number of halogens is 1. The van der Waals surface area contributed by atoms with Crippen LogP contribution in [0.2, 0.25) is 0 Å². The molecule has 4 nitrogen and oxygen atoms in total. The molecule has 1 fully saturated rings. The van der Waals surface area contributed by atoms with E-state index in [-0.39, 0.29) is 17.1 Å². The Bertz CT molecular complexity index is 469. The Balaban J connectivity index is 1.93. The molecule has 0 aliphatic heterocycles. The monoisotopic (exact) mass is 251 g/mol. The Morgan fingerprint density at radius 3 is 2.83 bits per heavy atom. The summed E-state index contributed by atoms with van der Waals surface area (Å²) in [5, 5.41) is 14.9. The van der Waals surface area contributed by atoms with Crippen LogP contribution in [0.3, 0.4) is 0 Å². The second-order valence-corrected chi connectivity index (χ2v) is 5.09. The fourth-order valence-electron chi connectivity index (χ4n) is 2.06. The van der Waals surface area contributed by atoms with Gasteiger partial charge in [-0.3, -0.25) is 0 Å². The Kier molecular flexibility index (Phi) is 3.41. The summed E-state index contributed by atoms with van der Waals surface area (Å²) in [6.45, 7) is 2.50. The molecule has 2 rings (SSSR count). The van der Waals surface area contributed by atoms with Crippen molar-refractivity contribution in [2.75, 3.05) is 11.9 Å². The number of rotatable bonds is 5. The number of anilines is 1. The van der Waals surface area contributed by atoms with Crippen molar-refractivity contribution in [2.45, 2.75) is 26.2 Å². The maximum Gasteiger partial charge on any atom is 0.139 e. The third-order valence-corrected chi connectivity index (χ3v) is 3.47. The molecule has 0 saturated heterocycles. The molecule has 1 aromatic rings. The van der Waals surface area contributed by atoms with Crippen LogP contribution >= 0.6 is 0 Å². The van der Waals surface area contributed by atoms with E-state index in [0.29, 0.717) is 12.0 Å².